The molecule has 0 aromatic carbocycles. The first-order valence-corrected chi connectivity index (χ1v) is 7.62. The van der Waals surface area contributed by atoms with E-state index in [4.69, 9.17) is 0 Å². The molecule has 0 saturated heterocycles. The van der Waals surface area contributed by atoms with Gasteiger partial charge in [0.05, 0.1) is 0 Å². The van der Waals surface area contributed by atoms with Crippen LogP contribution < -0.4 is 5.32 Å². The van der Waals surface area contributed by atoms with Crippen LogP contribution in [0.1, 0.15) is 49.5 Å². The predicted molar refractivity (Wildman–Crippen MR) is 81.8 cm³/mol. The molecule has 21 heavy (non-hydrogen) atoms. The fraction of sp³-hybridized carbons (Fsp3) is 0.500. The Morgan fingerprint density at radius 1 is 1.33 bits per heavy atom. The molecule has 5 nitrogen and oxygen atoms in total. The first-order chi connectivity index (χ1) is 10.1. The van der Waals surface area contributed by atoms with Crippen LogP contribution in [-0.4, -0.2) is 26.5 Å². The molecule has 0 amide bonds. The maximum absolute atomic E-state index is 11.6. The van der Waals surface area contributed by atoms with Gasteiger partial charge in [-0.25, -0.2) is 9.78 Å². The summed E-state index contributed by atoms with van der Waals surface area (Å²) in [5.41, 5.74) is 0.891. The number of aromatic nitrogens is 2. The van der Waals surface area contributed by atoms with Gasteiger partial charge in [0.15, 0.2) is 11.5 Å². The van der Waals surface area contributed by atoms with Crippen LogP contribution in [0.5, 0.6) is 0 Å². The summed E-state index contributed by atoms with van der Waals surface area (Å²) in [6.45, 7) is 2.29. The lowest BCUT2D eigenvalue weighted by Gasteiger charge is -2.16. The van der Waals surface area contributed by atoms with E-state index in [2.05, 4.69) is 17.2 Å². The summed E-state index contributed by atoms with van der Waals surface area (Å²) in [6, 6.07) is 5.83. The first kappa shape index (κ1) is 13.9. The van der Waals surface area contributed by atoms with Crippen molar-refractivity contribution in [1.29, 1.82) is 0 Å². The SMILES string of the molecule is CC1CCCC(Nc2nc3ccccn3c2C(=O)O)CC1. The number of hydrogen-bond donors (Lipinski definition) is 2. The lowest BCUT2D eigenvalue weighted by atomic mass is 10.0. The number of imidazole rings is 1. The molecule has 2 aromatic heterocycles. The molecule has 3 rings (SSSR count). The molecule has 0 radical (unpaired) electrons. The summed E-state index contributed by atoms with van der Waals surface area (Å²) in [4.78, 5) is 16.0. The number of carboxylic acid groups (broad SMARTS) is 1. The van der Waals surface area contributed by atoms with Crippen molar-refractivity contribution in [1.82, 2.24) is 9.38 Å². The Balaban J connectivity index is 1.89. The maximum Gasteiger partial charge on any atom is 0.356 e. The minimum Gasteiger partial charge on any atom is -0.476 e. The number of fused-ring (bicyclic) bond motifs is 1. The standard InChI is InChI=1S/C16H21N3O2/c1-11-5-4-6-12(9-8-11)17-15-14(16(20)21)19-10-3-2-7-13(19)18-15/h2-3,7,10-12,17H,4-6,8-9H2,1H3,(H,20,21). The van der Waals surface area contributed by atoms with Crippen molar-refractivity contribution in [3.63, 3.8) is 0 Å². The van der Waals surface area contributed by atoms with Crippen LogP contribution >= 0.6 is 0 Å². The Morgan fingerprint density at radius 2 is 2.19 bits per heavy atom. The normalized spacial score (nSPS) is 22.9. The number of carboxylic acids is 1. The van der Waals surface area contributed by atoms with Crippen molar-refractivity contribution in [3.8, 4) is 0 Å². The van der Waals surface area contributed by atoms with Gasteiger partial charge in [-0.15, -0.1) is 0 Å². The largest absolute Gasteiger partial charge is 0.476 e. The summed E-state index contributed by atoms with van der Waals surface area (Å²) in [6.07, 6.45) is 7.54. The van der Waals surface area contributed by atoms with E-state index < -0.39 is 5.97 Å². The summed E-state index contributed by atoms with van der Waals surface area (Å²) in [7, 11) is 0. The Morgan fingerprint density at radius 3 is 3.00 bits per heavy atom. The molecule has 5 heteroatoms. The average Bonchev–Trinajstić information content (AvgIpc) is 2.69. The lowest BCUT2D eigenvalue weighted by Crippen LogP contribution is -2.20. The number of rotatable bonds is 3. The number of nitrogens with zero attached hydrogens (tertiary/aromatic N) is 2. The van der Waals surface area contributed by atoms with E-state index in [0.29, 0.717) is 17.5 Å². The number of aromatic carboxylic acids is 1. The highest BCUT2D eigenvalue weighted by molar-refractivity contribution is 5.93. The summed E-state index contributed by atoms with van der Waals surface area (Å²) in [5.74, 6) is 0.309. The van der Waals surface area contributed by atoms with E-state index in [-0.39, 0.29) is 5.69 Å². The zero-order chi connectivity index (χ0) is 14.8. The second-order valence-electron chi connectivity index (χ2n) is 6.00. The Bertz CT molecular complexity index is 650. The van der Waals surface area contributed by atoms with E-state index >= 15 is 0 Å². The topological polar surface area (TPSA) is 66.6 Å². The van der Waals surface area contributed by atoms with Gasteiger partial charge in [-0.05, 0) is 37.3 Å². The van der Waals surface area contributed by atoms with Crippen LogP contribution in [0.25, 0.3) is 5.65 Å². The van der Waals surface area contributed by atoms with Gasteiger partial charge in [0.25, 0.3) is 0 Å². The third kappa shape index (κ3) is 2.86. The smallest absolute Gasteiger partial charge is 0.356 e. The van der Waals surface area contributed by atoms with E-state index in [1.807, 2.05) is 18.2 Å². The summed E-state index contributed by atoms with van der Waals surface area (Å²) in [5, 5.41) is 12.8. The Hall–Kier alpha value is -2.04. The first-order valence-electron chi connectivity index (χ1n) is 7.62. The minimum atomic E-state index is -0.946. The van der Waals surface area contributed by atoms with Crippen molar-refractivity contribution in [3.05, 3.63) is 30.1 Å². The van der Waals surface area contributed by atoms with Gasteiger partial charge in [0.2, 0.25) is 0 Å². The summed E-state index contributed by atoms with van der Waals surface area (Å²) >= 11 is 0. The number of carbonyl (C=O) groups is 1. The highest BCUT2D eigenvalue weighted by Gasteiger charge is 2.22. The number of nitrogens with one attached hydrogen (secondary N) is 1. The molecular weight excluding hydrogens is 266 g/mol. The maximum atomic E-state index is 11.6. The van der Waals surface area contributed by atoms with Gasteiger partial charge in [-0.3, -0.25) is 4.40 Å². The second-order valence-corrected chi connectivity index (χ2v) is 6.00. The van der Waals surface area contributed by atoms with Crippen LogP contribution in [0.15, 0.2) is 24.4 Å². The predicted octanol–water partition coefficient (Wildman–Crippen LogP) is 3.41. The van der Waals surface area contributed by atoms with Crippen LogP contribution in [0.3, 0.4) is 0 Å². The quantitative estimate of drug-likeness (QED) is 0.849. The van der Waals surface area contributed by atoms with Gasteiger partial charge in [0, 0.05) is 12.2 Å². The molecule has 2 N–H and O–H groups in total. The van der Waals surface area contributed by atoms with Crippen LogP contribution in [-0.2, 0) is 0 Å². The van der Waals surface area contributed by atoms with E-state index in [9.17, 15) is 9.90 Å². The average molecular weight is 287 g/mol. The van der Waals surface area contributed by atoms with E-state index in [1.165, 1.54) is 19.3 Å². The molecule has 2 unspecified atom stereocenters. The number of anilines is 1. The zero-order valence-electron chi connectivity index (χ0n) is 12.2. The molecule has 0 bridgehead atoms. The number of hydrogen-bond acceptors (Lipinski definition) is 3. The molecule has 1 aliphatic carbocycles. The lowest BCUT2D eigenvalue weighted by molar-refractivity contribution is 0.0690. The van der Waals surface area contributed by atoms with E-state index in [0.717, 1.165) is 18.8 Å². The Labute approximate surface area is 124 Å². The van der Waals surface area contributed by atoms with Crippen molar-refractivity contribution in [2.24, 2.45) is 5.92 Å². The minimum absolute atomic E-state index is 0.225. The zero-order valence-corrected chi connectivity index (χ0v) is 12.2. The van der Waals surface area contributed by atoms with Gasteiger partial charge >= 0.3 is 5.97 Å². The number of pyridine rings is 1. The van der Waals surface area contributed by atoms with Gasteiger partial charge in [-0.1, -0.05) is 25.8 Å². The molecule has 1 aliphatic rings. The van der Waals surface area contributed by atoms with Crippen molar-refractivity contribution in [2.75, 3.05) is 5.32 Å². The molecule has 2 heterocycles. The van der Waals surface area contributed by atoms with Crippen molar-refractivity contribution in [2.45, 2.75) is 45.1 Å². The van der Waals surface area contributed by atoms with Crippen LogP contribution in [0, 0.1) is 5.92 Å². The summed E-state index contributed by atoms with van der Waals surface area (Å²) < 4.78 is 1.63. The fourth-order valence-electron chi connectivity index (χ4n) is 3.13. The van der Waals surface area contributed by atoms with E-state index in [1.54, 1.807) is 10.6 Å². The van der Waals surface area contributed by atoms with Crippen molar-refractivity contribution < 1.29 is 9.90 Å². The molecule has 1 saturated carbocycles. The van der Waals surface area contributed by atoms with Gasteiger partial charge in [0.1, 0.15) is 5.65 Å². The second kappa shape index (κ2) is 5.76. The molecule has 0 aliphatic heterocycles. The molecular formula is C16H21N3O2. The Kier molecular flexibility index (Phi) is 3.82. The highest BCUT2D eigenvalue weighted by Crippen LogP contribution is 2.26. The van der Waals surface area contributed by atoms with Gasteiger partial charge < -0.3 is 10.4 Å². The molecule has 2 aromatic rings. The molecule has 1 fully saturated rings. The van der Waals surface area contributed by atoms with Crippen LogP contribution in [0.2, 0.25) is 0 Å². The molecule has 2 atom stereocenters. The van der Waals surface area contributed by atoms with Crippen molar-refractivity contribution >= 4 is 17.4 Å². The highest BCUT2D eigenvalue weighted by atomic mass is 16.4. The van der Waals surface area contributed by atoms with Gasteiger partial charge in [-0.2, -0.15) is 0 Å². The monoisotopic (exact) mass is 287 g/mol. The molecule has 112 valence electrons. The van der Waals surface area contributed by atoms with Crippen LogP contribution in [0.4, 0.5) is 5.82 Å². The third-order valence-electron chi connectivity index (χ3n) is 4.33. The fourth-order valence-corrected chi connectivity index (χ4v) is 3.13. The molecule has 0 spiro atoms. The third-order valence-corrected chi connectivity index (χ3v) is 4.33.